The lowest BCUT2D eigenvalue weighted by atomic mass is 9.89. The average Bonchev–Trinajstić information content (AvgIpc) is 2.91. The van der Waals surface area contributed by atoms with Gasteiger partial charge in [-0.25, -0.2) is 8.78 Å². The van der Waals surface area contributed by atoms with E-state index in [-0.39, 0.29) is 16.5 Å². The number of benzene rings is 1. The van der Waals surface area contributed by atoms with E-state index < -0.39 is 17.7 Å². The Morgan fingerprint density at radius 2 is 1.82 bits per heavy atom. The summed E-state index contributed by atoms with van der Waals surface area (Å²) in [5.41, 5.74) is 6.21. The van der Waals surface area contributed by atoms with E-state index in [1.807, 2.05) is 0 Å². The van der Waals surface area contributed by atoms with E-state index in [2.05, 4.69) is 0 Å². The number of fused-ring (bicyclic) bond motifs is 1. The molecular formula is C13H14ClF2N. The molecule has 2 aliphatic rings. The van der Waals surface area contributed by atoms with Crippen LogP contribution in [0.5, 0.6) is 0 Å². The van der Waals surface area contributed by atoms with Gasteiger partial charge in [-0.15, -0.1) is 0 Å². The molecule has 0 aliphatic heterocycles. The average molecular weight is 258 g/mol. The molecule has 1 aromatic carbocycles. The number of rotatable bonds is 2. The zero-order chi connectivity index (χ0) is 12.2. The summed E-state index contributed by atoms with van der Waals surface area (Å²) in [5.74, 6) is 0.0176. The minimum Gasteiger partial charge on any atom is -0.324 e. The van der Waals surface area contributed by atoms with Crippen LogP contribution in [0.15, 0.2) is 12.1 Å². The molecule has 3 rings (SSSR count). The Morgan fingerprint density at radius 1 is 1.18 bits per heavy atom. The van der Waals surface area contributed by atoms with Crippen LogP contribution in [0.3, 0.4) is 0 Å². The molecule has 0 amide bonds. The SMILES string of the molecule is NC(c1c(Cl)ccc(F)c1F)C1CC2CC2C1. The Bertz CT molecular complexity index is 453. The third kappa shape index (κ3) is 1.85. The van der Waals surface area contributed by atoms with Gasteiger partial charge in [0.1, 0.15) is 0 Å². The van der Waals surface area contributed by atoms with Gasteiger partial charge in [-0.2, -0.15) is 0 Å². The van der Waals surface area contributed by atoms with E-state index in [1.165, 1.54) is 12.5 Å². The molecule has 1 nitrogen and oxygen atoms in total. The molecule has 2 aliphatic carbocycles. The first-order valence-electron chi connectivity index (χ1n) is 5.97. The third-order valence-electron chi connectivity index (χ3n) is 4.20. The van der Waals surface area contributed by atoms with Gasteiger partial charge in [-0.1, -0.05) is 11.6 Å². The van der Waals surface area contributed by atoms with Crippen molar-refractivity contribution in [2.75, 3.05) is 0 Å². The topological polar surface area (TPSA) is 26.0 Å². The minimum atomic E-state index is -0.884. The molecule has 0 heterocycles. The van der Waals surface area contributed by atoms with Crippen molar-refractivity contribution < 1.29 is 8.78 Å². The minimum absolute atomic E-state index is 0.151. The summed E-state index contributed by atoms with van der Waals surface area (Å²) in [6.07, 6.45) is 3.33. The zero-order valence-corrected chi connectivity index (χ0v) is 10.1. The van der Waals surface area contributed by atoms with Crippen molar-refractivity contribution in [3.63, 3.8) is 0 Å². The van der Waals surface area contributed by atoms with Gasteiger partial charge in [0, 0.05) is 16.6 Å². The van der Waals surface area contributed by atoms with Gasteiger partial charge >= 0.3 is 0 Å². The monoisotopic (exact) mass is 257 g/mol. The normalized spacial score (nSPS) is 32.4. The van der Waals surface area contributed by atoms with Crippen LogP contribution in [-0.2, 0) is 0 Å². The summed E-state index contributed by atoms with van der Waals surface area (Å²) in [6, 6.07) is 1.94. The van der Waals surface area contributed by atoms with E-state index in [0.29, 0.717) is 0 Å². The fraction of sp³-hybridized carbons (Fsp3) is 0.538. The molecule has 1 aromatic rings. The first-order valence-corrected chi connectivity index (χ1v) is 6.34. The van der Waals surface area contributed by atoms with Crippen molar-refractivity contribution in [1.29, 1.82) is 0 Å². The summed E-state index contributed by atoms with van der Waals surface area (Å²) < 4.78 is 26.9. The number of hydrogen-bond donors (Lipinski definition) is 1. The van der Waals surface area contributed by atoms with Crippen molar-refractivity contribution in [2.24, 2.45) is 23.5 Å². The lowest BCUT2D eigenvalue weighted by molar-refractivity contribution is 0.385. The van der Waals surface area contributed by atoms with Gasteiger partial charge < -0.3 is 5.73 Å². The lowest BCUT2D eigenvalue weighted by Gasteiger charge is -2.22. The number of hydrogen-bond acceptors (Lipinski definition) is 1. The van der Waals surface area contributed by atoms with E-state index >= 15 is 0 Å². The highest BCUT2D eigenvalue weighted by atomic mass is 35.5. The van der Waals surface area contributed by atoms with Gasteiger partial charge in [0.05, 0.1) is 0 Å². The van der Waals surface area contributed by atoms with Crippen LogP contribution < -0.4 is 5.73 Å². The van der Waals surface area contributed by atoms with Crippen LogP contribution in [0.2, 0.25) is 5.02 Å². The summed E-state index contributed by atoms with van der Waals surface area (Å²) in [5, 5.41) is 0.233. The molecule has 92 valence electrons. The summed E-state index contributed by atoms with van der Waals surface area (Å²) in [4.78, 5) is 0. The van der Waals surface area contributed by atoms with Crippen LogP contribution in [0.4, 0.5) is 8.78 Å². The molecular weight excluding hydrogens is 244 g/mol. The van der Waals surface area contributed by atoms with Gasteiger partial charge in [0.2, 0.25) is 0 Å². The molecule has 2 fully saturated rings. The second-order valence-electron chi connectivity index (χ2n) is 5.27. The van der Waals surface area contributed by atoms with Crippen LogP contribution in [0.25, 0.3) is 0 Å². The summed E-state index contributed by atoms with van der Waals surface area (Å²) in [6.45, 7) is 0. The van der Waals surface area contributed by atoms with Crippen molar-refractivity contribution in [3.8, 4) is 0 Å². The highest BCUT2D eigenvalue weighted by Crippen LogP contribution is 2.57. The standard InChI is InChI=1S/C13H14ClF2N/c14-9-1-2-10(15)12(16)11(9)13(17)8-4-6-3-7(6)5-8/h1-2,6-8,13H,3-5,17H2. The largest absolute Gasteiger partial charge is 0.324 e. The first-order chi connectivity index (χ1) is 8.08. The highest BCUT2D eigenvalue weighted by molar-refractivity contribution is 6.31. The van der Waals surface area contributed by atoms with E-state index in [1.54, 1.807) is 0 Å². The predicted octanol–water partition coefficient (Wildman–Crippen LogP) is 3.66. The molecule has 0 spiro atoms. The molecule has 0 bridgehead atoms. The molecule has 3 atom stereocenters. The first kappa shape index (κ1) is 11.4. The van der Waals surface area contributed by atoms with Crippen molar-refractivity contribution in [2.45, 2.75) is 25.3 Å². The molecule has 17 heavy (non-hydrogen) atoms. The molecule has 0 radical (unpaired) electrons. The molecule has 3 unspecified atom stereocenters. The number of nitrogens with two attached hydrogens (primary N) is 1. The second-order valence-corrected chi connectivity index (χ2v) is 5.68. The van der Waals surface area contributed by atoms with Gasteiger partial charge in [0.25, 0.3) is 0 Å². The van der Waals surface area contributed by atoms with Crippen LogP contribution in [0, 0.1) is 29.4 Å². The Labute approximate surface area is 104 Å². The van der Waals surface area contributed by atoms with E-state index in [0.717, 1.165) is 30.7 Å². The van der Waals surface area contributed by atoms with Gasteiger partial charge in [-0.05, 0) is 49.1 Å². The van der Waals surface area contributed by atoms with Gasteiger partial charge in [0.15, 0.2) is 11.6 Å². The zero-order valence-electron chi connectivity index (χ0n) is 9.30. The van der Waals surface area contributed by atoms with Crippen LogP contribution in [-0.4, -0.2) is 0 Å². The Morgan fingerprint density at radius 3 is 2.47 bits per heavy atom. The molecule has 4 heteroatoms. The van der Waals surface area contributed by atoms with Crippen LogP contribution in [0.1, 0.15) is 30.9 Å². The summed E-state index contributed by atoms with van der Waals surface area (Å²) >= 11 is 5.94. The van der Waals surface area contributed by atoms with Crippen LogP contribution >= 0.6 is 11.6 Å². The quantitative estimate of drug-likeness (QED) is 0.804. The maximum atomic E-state index is 13.7. The lowest BCUT2D eigenvalue weighted by Crippen LogP contribution is -2.22. The molecule has 2 saturated carbocycles. The number of halogens is 3. The molecule has 0 saturated heterocycles. The van der Waals surface area contributed by atoms with Gasteiger partial charge in [-0.3, -0.25) is 0 Å². The molecule has 2 N–H and O–H groups in total. The van der Waals surface area contributed by atoms with E-state index in [4.69, 9.17) is 17.3 Å². The predicted molar refractivity (Wildman–Crippen MR) is 62.6 cm³/mol. The highest BCUT2D eigenvalue weighted by Gasteiger charge is 2.48. The molecule has 0 aromatic heterocycles. The third-order valence-corrected chi connectivity index (χ3v) is 4.53. The second kappa shape index (κ2) is 3.92. The van der Waals surface area contributed by atoms with Crippen molar-refractivity contribution in [3.05, 3.63) is 34.4 Å². The Kier molecular flexibility index (Phi) is 2.64. The Hall–Kier alpha value is -0.670. The maximum Gasteiger partial charge on any atom is 0.165 e. The maximum absolute atomic E-state index is 13.7. The smallest absolute Gasteiger partial charge is 0.165 e. The van der Waals surface area contributed by atoms with E-state index in [9.17, 15) is 8.78 Å². The van der Waals surface area contributed by atoms with Crippen molar-refractivity contribution >= 4 is 11.6 Å². The summed E-state index contributed by atoms with van der Waals surface area (Å²) in [7, 11) is 0. The Balaban J connectivity index is 1.90. The fourth-order valence-corrected chi connectivity index (χ4v) is 3.41. The van der Waals surface area contributed by atoms with Crippen molar-refractivity contribution in [1.82, 2.24) is 0 Å². The fourth-order valence-electron chi connectivity index (χ4n) is 3.14.